The number of fused-ring (bicyclic) bond motifs is 1. The summed E-state index contributed by atoms with van der Waals surface area (Å²) in [4.78, 5) is 17.2. The third-order valence-electron chi connectivity index (χ3n) is 4.90. The molecule has 0 atom stereocenters. The van der Waals surface area contributed by atoms with Crippen LogP contribution < -0.4 is 10.1 Å². The molecule has 0 aliphatic rings. The summed E-state index contributed by atoms with van der Waals surface area (Å²) in [6, 6.07) is 19.4. The number of nitrogens with one attached hydrogen (secondary N) is 1. The number of anilines is 1. The van der Waals surface area contributed by atoms with Crippen molar-refractivity contribution in [2.75, 3.05) is 5.32 Å². The predicted molar refractivity (Wildman–Crippen MR) is 115 cm³/mol. The zero-order valence-electron chi connectivity index (χ0n) is 17.2. The summed E-state index contributed by atoms with van der Waals surface area (Å²) in [6.07, 6.45) is -4.48. The Morgan fingerprint density at radius 1 is 1.03 bits per heavy atom. The first kappa shape index (κ1) is 21.4. The number of hydrogen-bond donors (Lipinski definition) is 1. The smallest absolute Gasteiger partial charge is 0.416 e. The number of ether oxygens (including phenoxy) is 1. The molecule has 0 bridgehead atoms. The Bertz CT molecular complexity index is 1250. The zero-order valence-corrected chi connectivity index (χ0v) is 17.2. The molecule has 0 aliphatic carbocycles. The number of imidazole rings is 1. The van der Waals surface area contributed by atoms with Gasteiger partial charge >= 0.3 is 6.18 Å². The van der Waals surface area contributed by atoms with Crippen LogP contribution in [-0.2, 0) is 24.1 Å². The largest absolute Gasteiger partial charge is 0.486 e. The van der Waals surface area contributed by atoms with E-state index < -0.39 is 17.6 Å². The Morgan fingerprint density at radius 2 is 1.78 bits per heavy atom. The minimum atomic E-state index is -4.48. The van der Waals surface area contributed by atoms with Crippen LogP contribution in [0, 0.1) is 6.92 Å². The number of halogens is 3. The lowest BCUT2D eigenvalue weighted by Crippen LogP contribution is -2.21. The van der Waals surface area contributed by atoms with Gasteiger partial charge in [0.15, 0.2) is 0 Å². The first-order valence-corrected chi connectivity index (χ1v) is 9.90. The van der Waals surface area contributed by atoms with E-state index in [1.54, 1.807) is 4.57 Å². The number of carbonyl (C=O) groups excluding carboxylic acids is 1. The van der Waals surface area contributed by atoms with Gasteiger partial charge < -0.3 is 14.6 Å². The van der Waals surface area contributed by atoms with Crippen molar-refractivity contribution in [3.8, 4) is 5.75 Å². The fourth-order valence-corrected chi connectivity index (χ4v) is 3.31. The molecule has 0 saturated carbocycles. The third-order valence-corrected chi connectivity index (χ3v) is 4.90. The molecule has 1 amide bonds. The number of amides is 1. The molecule has 1 N–H and O–H groups in total. The SMILES string of the molecule is Cc1ccc(OCc2nc3ccccc3n2CC(=O)Nc2cccc(C(F)(F)F)c2)cc1. The van der Waals surface area contributed by atoms with Gasteiger partial charge in [-0.2, -0.15) is 13.2 Å². The average molecular weight is 439 g/mol. The van der Waals surface area contributed by atoms with Crippen LogP contribution in [0.3, 0.4) is 0 Å². The first-order valence-electron chi connectivity index (χ1n) is 9.90. The normalized spacial score (nSPS) is 11.5. The van der Waals surface area contributed by atoms with Gasteiger partial charge in [-0.25, -0.2) is 4.98 Å². The van der Waals surface area contributed by atoms with Gasteiger partial charge in [-0.15, -0.1) is 0 Å². The van der Waals surface area contributed by atoms with Gasteiger partial charge in [0.25, 0.3) is 0 Å². The molecule has 0 radical (unpaired) electrons. The third kappa shape index (κ3) is 4.91. The zero-order chi connectivity index (χ0) is 22.7. The number of aromatic nitrogens is 2. The summed E-state index contributed by atoms with van der Waals surface area (Å²) >= 11 is 0. The minimum Gasteiger partial charge on any atom is -0.486 e. The molecular formula is C24H20F3N3O2. The maximum absolute atomic E-state index is 12.9. The molecular weight excluding hydrogens is 419 g/mol. The van der Waals surface area contributed by atoms with Gasteiger partial charge in [0.2, 0.25) is 5.91 Å². The summed E-state index contributed by atoms with van der Waals surface area (Å²) < 4.78 is 46.4. The van der Waals surface area contributed by atoms with E-state index in [1.165, 1.54) is 12.1 Å². The van der Waals surface area contributed by atoms with Crippen molar-refractivity contribution in [1.29, 1.82) is 0 Å². The maximum Gasteiger partial charge on any atom is 0.416 e. The molecule has 8 heteroatoms. The van der Waals surface area contributed by atoms with E-state index in [0.29, 0.717) is 17.1 Å². The number of alkyl halides is 3. The average Bonchev–Trinajstić information content (AvgIpc) is 3.10. The van der Waals surface area contributed by atoms with Crippen molar-refractivity contribution < 1.29 is 22.7 Å². The fraction of sp³-hybridized carbons (Fsp3) is 0.167. The van der Waals surface area contributed by atoms with E-state index in [0.717, 1.165) is 23.2 Å². The lowest BCUT2D eigenvalue weighted by Gasteiger charge is -2.12. The van der Waals surface area contributed by atoms with Crippen molar-refractivity contribution in [3.63, 3.8) is 0 Å². The number of para-hydroxylation sites is 2. The van der Waals surface area contributed by atoms with Gasteiger partial charge in [0.1, 0.15) is 24.7 Å². The van der Waals surface area contributed by atoms with Crippen molar-refractivity contribution >= 4 is 22.6 Å². The Balaban J connectivity index is 1.54. The van der Waals surface area contributed by atoms with Crippen LogP contribution in [0.5, 0.6) is 5.75 Å². The van der Waals surface area contributed by atoms with E-state index >= 15 is 0 Å². The van der Waals surface area contributed by atoms with E-state index in [2.05, 4.69) is 10.3 Å². The van der Waals surface area contributed by atoms with Crippen molar-refractivity contribution in [2.24, 2.45) is 0 Å². The molecule has 4 aromatic rings. The molecule has 5 nitrogen and oxygen atoms in total. The second kappa shape index (κ2) is 8.74. The number of hydrogen-bond acceptors (Lipinski definition) is 3. The van der Waals surface area contributed by atoms with Crippen LogP contribution >= 0.6 is 0 Å². The van der Waals surface area contributed by atoms with Gasteiger partial charge in [-0.1, -0.05) is 35.9 Å². The molecule has 0 aliphatic heterocycles. The van der Waals surface area contributed by atoms with Crippen LogP contribution in [-0.4, -0.2) is 15.5 Å². The molecule has 164 valence electrons. The predicted octanol–water partition coefficient (Wildman–Crippen LogP) is 5.58. The summed E-state index contributed by atoms with van der Waals surface area (Å²) in [6.45, 7) is 1.99. The Morgan fingerprint density at radius 3 is 2.53 bits per heavy atom. The molecule has 3 aromatic carbocycles. The van der Waals surface area contributed by atoms with Crippen molar-refractivity contribution in [2.45, 2.75) is 26.3 Å². The Kier molecular flexibility index (Phi) is 5.85. The van der Waals surface area contributed by atoms with Crippen LogP contribution in [0.15, 0.2) is 72.8 Å². The second-order valence-electron chi connectivity index (χ2n) is 7.33. The lowest BCUT2D eigenvalue weighted by atomic mass is 10.2. The second-order valence-corrected chi connectivity index (χ2v) is 7.33. The molecule has 0 saturated heterocycles. The highest BCUT2D eigenvalue weighted by Gasteiger charge is 2.30. The molecule has 32 heavy (non-hydrogen) atoms. The summed E-state index contributed by atoms with van der Waals surface area (Å²) in [5.74, 6) is 0.734. The van der Waals surface area contributed by atoms with Crippen molar-refractivity contribution in [3.05, 3.63) is 89.7 Å². The highest BCUT2D eigenvalue weighted by Crippen LogP contribution is 2.30. The molecule has 0 fully saturated rings. The van der Waals surface area contributed by atoms with Crippen LogP contribution in [0.4, 0.5) is 18.9 Å². The van der Waals surface area contributed by atoms with Gasteiger partial charge in [-0.3, -0.25) is 4.79 Å². The number of nitrogens with zero attached hydrogens (tertiary/aromatic N) is 2. The summed E-state index contributed by atoms with van der Waals surface area (Å²) in [5.41, 5.74) is 1.79. The summed E-state index contributed by atoms with van der Waals surface area (Å²) in [7, 11) is 0. The van der Waals surface area contributed by atoms with E-state index in [9.17, 15) is 18.0 Å². The number of carbonyl (C=O) groups is 1. The fourth-order valence-electron chi connectivity index (χ4n) is 3.31. The molecule has 4 rings (SSSR count). The standard InChI is InChI=1S/C24H20F3N3O2/c1-16-9-11-19(12-10-16)32-15-22-29-20-7-2-3-8-21(20)30(22)14-23(31)28-18-6-4-5-17(13-18)24(25,26)27/h2-13H,14-15H2,1H3,(H,28,31). The van der Waals surface area contributed by atoms with Crippen LogP contribution in [0.2, 0.25) is 0 Å². The Hall–Kier alpha value is -3.81. The summed E-state index contributed by atoms with van der Waals surface area (Å²) in [5, 5.41) is 2.54. The van der Waals surface area contributed by atoms with E-state index in [4.69, 9.17) is 4.74 Å². The first-order chi connectivity index (χ1) is 15.3. The lowest BCUT2D eigenvalue weighted by molar-refractivity contribution is -0.137. The van der Waals surface area contributed by atoms with E-state index in [1.807, 2.05) is 55.5 Å². The van der Waals surface area contributed by atoms with Gasteiger partial charge in [0.05, 0.1) is 16.6 Å². The Labute approximate surface area is 182 Å². The van der Waals surface area contributed by atoms with Crippen LogP contribution in [0.1, 0.15) is 17.0 Å². The van der Waals surface area contributed by atoms with Crippen LogP contribution in [0.25, 0.3) is 11.0 Å². The van der Waals surface area contributed by atoms with Gasteiger partial charge in [-0.05, 0) is 49.4 Å². The molecule has 0 spiro atoms. The number of rotatable bonds is 6. The van der Waals surface area contributed by atoms with Gasteiger partial charge in [0, 0.05) is 5.69 Å². The molecule has 0 unspecified atom stereocenters. The highest BCUT2D eigenvalue weighted by atomic mass is 19.4. The quantitative estimate of drug-likeness (QED) is 0.427. The maximum atomic E-state index is 12.9. The number of benzene rings is 3. The highest BCUT2D eigenvalue weighted by molar-refractivity contribution is 5.91. The van der Waals surface area contributed by atoms with E-state index in [-0.39, 0.29) is 18.8 Å². The monoisotopic (exact) mass is 439 g/mol. The topological polar surface area (TPSA) is 56.2 Å². The van der Waals surface area contributed by atoms with Crippen molar-refractivity contribution in [1.82, 2.24) is 9.55 Å². The number of aryl methyl sites for hydroxylation is 1. The molecule has 1 heterocycles. The molecule has 1 aromatic heterocycles. The minimum absolute atomic E-state index is 0.0756.